The van der Waals surface area contributed by atoms with Gasteiger partial charge in [0.05, 0.1) is 18.7 Å². The summed E-state index contributed by atoms with van der Waals surface area (Å²) < 4.78 is 1.98. The third kappa shape index (κ3) is 4.86. The van der Waals surface area contributed by atoms with Gasteiger partial charge in [0.1, 0.15) is 5.82 Å². The van der Waals surface area contributed by atoms with E-state index in [9.17, 15) is 4.79 Å². The van der Waals surface area contributed by atoms with Crippen LogP contribution in [0.3, 0.4) is 0 Å². The second kappa shape index (κ2) is 8.80. The summed E-state index contributed by atoms with van der Waals surface area (Å²) in [6.07, 6.45) is 3.13. The molecule has 1 aliphatic rings. The third-order valence-electron chi connectivity index (χ3n) is 5.33. The van der Waals surface area contributed by atoms with Gasteiger partial charge >= 0.3 is 0 Å². The van der Waals surface area contributed by atoms with Gasteiger partial charge < -0.3 is 5.32 Å². The van der Waals surface area contributed by atoms with Gasteiger partial charge in [-0.25, -0.2) is 4.68 Å². The number of hydrogen-bond donors (Lipinski definition) is 1. The Kier molecular flexibility index (Phi) is 5.97. The zero-order valence-electron chi connectivity index (χ0n) is 16.5. The molecule has 5 nitrogen and oxygen atoms in total. The van der Waals surface area contributed by atoms with Crippen molar-refractivity contribution in [3.8, 4) is 0 Å². The van der Waals surface area contributed by atoms with Gasteiger partial charge in [-0.3, -0.25) is 9.69 Å². The molecule has 3 aromatic rings. The van der Waals surface area contributed by atoms with E-state index in [1.807, 2.05) is 48.1 Å². The van der Waals surface area contributed by atoms with Gasteiger partial charge in [-0.1, -0.05) is 54.1 Å². The molecule has 1 N–H and O–H groups in total. The van der Waals surface area contributed by atoms with Gasteiger partial charge in [0.2, 0.25) is 5.91 Å². The van der Waals surface area contributed by atoms with E-state index < -0.39 is 0 Å². The lowest BCUT2D eigenvalue weighted by Crippen LogP contribution is -2.24. The summed E-state index contributed by atoms with van der Waals surface area (Å²) in [5, 5.41) is 8.28. The van der Waals surface area contributed by atoms with Crippen molar-refractivity contribution in [3.63, 3.8) is 0 Å². The molecule has 2 heterocycles. The number of nitrogens with zero attached hydrogens (tertiary/aromatic N) is 3. The fourth-order valence-corrected chi connectivity index (χ4v) is 4.10. The average molecular weight is 409 g/mol. The van der Waals surface area contributed by atoms with Crippen LogP contribution in [0.1, 0.15) is 29.2 Å². The van der Waals surface area contributed by atoms with Crippen LogP contribution < -0.4 is 5.32 Å². The Morgan fingerprint density at radius 2 is 1.97 bits per heavy atom. The molecule has 150 valence electrons. The first-order valence-electron chi connectivity index (χ1n) is 9.93. The number of nitrogens with one attached hydrogen (secondary N) is 1. The molecule has 1 unspecified atom stereocenters. The van der Waals surface area contributed by atoms with Crippen molar-refractivity contribution in [2.75, 3.05) is 18.4 Å². The van der Waals surface area contributed by atoms with Crippen LogP contribution in [-0.4, -0.2) is 33.7 Å². The highest BCUT2D eigenvalue weighted by Gasteiger charge is 2.27. The molecule has 0 saturated carbocycles. The van der Waals surface area contributed by atoms with Crippen molar-refractivity contribution in [1.82, 2.24) is 14.7 Å². The molecule has 1 amide bonds. The summed E-state index contributed by atoms with van der Waals surface area (Å²) in [6, 6.07) is 18.2. The first kappa shape index (κ1) is 19.7. The second-order valence-corrected chi connectivity index (χ2v) is 8.08. The Balaban J connectivity index is 1.41. The Labute approximate surface area is 176 Å². The van der Waals surface area contributed by atoms with E-state index in [-0.39, 0.29) is 18.4 Å². The molecule has 1 aromatic heterocycles. The van der Waals surface area contributed by atoms with Gasteiger partial charge in [0.25, 0.3) is 0 Å². The Morgan fingerprint density at radius 3 is 2.76 bits per heavy atom. The molecule has 1 aliphatic heterocycles. The summed E-state index contributed by atoms with van der Waals surface area (Å²) in [5.41, 5.74) is 3.19. The van der Waals surface area contributed by atoms with Crippen LogP contribution in [-0.2, 0) is 17.8 Å². The number of benzene rings is 2. The zero-order chi connectivity index (χ0) is 20.2. The highest BCUT2D eigenvalue weighted by atomic mass is 35.5. The van der Waals surface area contributed by atoms with Crippen molar-refractivity contribution in [1.29, 1.82) is 0 Å². The van der Waals surface area contributed by atoms with Crippen LogP contribution in [0.25, 0.3) is 0 Å². The number of carbonyl (C=O) groups excluding carboxylic acids is 1. The number of aromatic nitrogens is 2. The Bertz CT molecular complexity index is 986. The summed E-state index contributed by atoms with van der Waals surface area (Å²) in [7, 11) is 0. The molecule has 0 spiro atoms. The van der Waals surface area contributed by atoms with E-state index in [0.717, 1.165) is 43.0 Å². The van der Waals surface area contributed by atoms with Crippen LogP contribution in [0, 0.1) is 6.92 Å². The molecule has 1 atom stereocenters. The fraction of sp³-hybridized carbons (Fsp3) is 0.304. The smallest absolute Gasteiger partial charge is 0.229 e. The minimum absolute atomic E-state index is 0.0590. The van der Waals surface area contributed by atoms with E-state index >= 15 is 0 Å². The van der Waals surface area contributed by atoms with E-state index in [4.69, 9.17) is 11.6 Å². The van der Waals surface area contributed by atoms with Gasteiger partial charge in [0.15, 0.2) is 0 Å². The van der Waals surface area contributed by atoms with Gasteiger partial charge in [0, 0.05) is 30.2 Å². The average Bonchev–Trinajstić information content (AvgIpc) is 3.29. The molecule has 2 aromatic carbocycles. The van der Waals surface area contributed by atoms with Crippen molar-refractivity contribution >= 4 is 23.3 Å². The molecule has 4 rings (SSSR count). The maximum atomic E-state index is 12.6. The molecule has 0 radical (unpaired) electrons. The highest BCUT2D eigenvalue weighted by Crippen LogP contribution is 2.28. The molecule has 6 heteroatoms. The van der Waals surface area contributed by atoms with Crippen LogP contribution in [0.4, 0.5) is 5.82 Å². The normalized spacial score (nSPS) is 16.8. The van der Waals surface area contributed by atoms with Gasteiger partial charge in [-0.15, -0.1) is 0 Å². The second-order valence-electron chi connectivity index (χ2n) is 7.64. The lowest BCUT2D eigenvalue weighted by Gasteiger charge is -2.18. The van der Waals surface area contributed by atoms with Crippen molar-refractivity contribution in [2.45, 2.75) is 32.4 Å². The van der Waals surface area contributed by atoms with E-state index in [1.54, 1.807) is 0 Å². The number of aryl methyl sites for hydroxylation is 1. The molecule has 0 bridgehead atoms. The quantitative estimate of drug-likeness (QED) is 0.654. The summed E-state index contributed by atoms with van der Waals surface area (Å²) >= 11 is 6.03. The SMILES string of the molecule is Cc1cnn(C2CCN(Cc3ccccc3)C2)c1NC(=O)Cc1cccc(Cl)c1. The van der Waals surface area contributed by atoms with Crippen molar-refractivity contribution in [3.05, 3.63) is 82.5 Å². The maximum Gasteiger partial charge on any atom is 0.229 e. The summed E-state index contributed by atoms with van der Waals surface area (Å²) in [5.74, 6) is 0.736. The predicted molar refractivity (Wildman–Crippen MR) is 116 cm³/mol. The van der Waals surface area contributed by atoms with Crippen LogP contribution in [0.2, 0.25) is 5.02 Å². The molecule has 0 aliphatic carbocycles. The van der Waals surface area contributed by atoms with Crippen LogP contribution in [0.15, 0.2) is 60.8 Å². The largest absolute Gasteiger partial charge is 0.310 e. The number of anilines is 1. The summed E-state index contributed by atoms with van der Waals surface area (Å²) in [6.45, 7) is 4.87. The van der Waals surface area contributed by atoms with Crippen LogP contribution in [0.5, 0.6) is 0 Å². The monoisotopic (exact) mass is 408 g/mol. The minimum Gasteiger partial charge on any atom is -0.310 e. The first-order chi connectivity index (χ1) is 14.1. The number of halogens is 1. The number of rotatable bonds is 6. The van der Waals surface area contributed by atoms with Gasteiger partial charge in [-0.2, -0.15) is 5.10 Å². The molecule has 1 fully saturated rings. The lowest BCUT2D eigenvalue weighted by molar-refractivity contribution is -0.115. The fourth-order valence-electron chi connectivity index (χ4n) is 3.89. The van der Waals surface area contributed by atoms with Crippen LogP contribution >= 0.6 is 11.6 Å². The minimum atomic E-state index is -0.0590. The number of likely N-dealkylation sites (tertiary alicyclic amines) is 1. The number of hydrogen-bond acceptors (Lipinski definition) is 3. The summed E-state index contributed by atoms with van der Waals surface area (Å²) in [4.78, 5) is 15.0. The zero-order valence-corrected chi connectivity index (χ0v) is 17.3. The Hall–Kier alpha value is -2.63. The highest BCUT2D eigenvalue weighted by molar-refractivity contribution is 6.30. The molecule has 29 heavy (non-hydrogen) atoms. The van der Waals surface area contributed by atoms with Crippen molar-refractivity contribution < 1.29 is 4.79 Å². The number of amides is 1. The predicted octanol–water partition coefficient (Wildman–Crippen LogP) is 4.47. The lowest BCUT2D eigenvalue weighted by atomic mass is 10.1. The maximum absolute atomic E-state index is 12.6. The Morgan fingerprint density at radius 1 is 1.17 bits per heavy atom. The van der Waals surface area contributed by atoms with E-state index in [1.165, 1.54) is 5.56 Å². The molecule has 1 saturated heterocycles. The van der Waals surface area contributed by atoms with Crippen molar-refractivity contribution in [2.24, 2.45) is 0 Å². The topological polar surface area (TPSA) is 50.2 Å². The first-order valence-corrected chi connectivity index (χ1v) is 10.3. The molecular weight excluding hydrogens is 384 g/mol. The standard InChI is InChI=1S/C23H25ClN4O/c1-17-14-25-28(21-10-11-27(16-21)15-18-6-3-2-4-7-18)23(17)26-22(29)13-19-8-5-9-20(24)12-19/h2-9,12,14,21H,10-11,13,15-16H2,1H3,(H,26,29). The van der Waals surface area contributed by atoms with Gasteiger partial charge in [-0.05, 0) is 36.6 Å². The van der Waals surface area contributed by atoms with E-state index in [2.05, 4.69) is 39.6 Å². The number of carbonyl (C=O) groups is 1. The van der Waals surface area contributed by atoms with E-state index in [0.29, 0.717) is 5.02 Å². The molecular formula is C23H25ClN4O. The third-order valence-corrected chi connectivity index (χ3v) is 5.57.